The lowest BCUT2D eigenvalue weighted by molar-refractivity contribution is -0.135. The molecule has 138 valence electrons. The third-order valence-electron chi connectivity index (χ3n) is 4.77. The monoisotopic (exact) mass is 374 g/mol. The number of hydrogen-bond acceptors (Lipinski definition) is 5. The fourth-order valence-electron chi connectivity index (χ4n) is 3.61. The van der Waals surface area contributed by atoms with Gasteiger partial charge in [0, 0.05) is 22.7 Å². The second kappa shape index (κ2) is 7.45. The molecule has 1 aliphatic rings. The summed E-state index contributed by atoms with van der Waals surface area (Å²) in [6.07, 6.45) is 1.87. The van der Waals surface area contributed by atoms with Crippen LogP contribution in [0, 0.1) is 13.8 Å². The summed E-state index contributed by atoms with van der Waals surface area (Å²) in [6, 6.07) is 4.07. The maximum atomic E-state index is 12.5. The lowest BCUT2D eigenvalue weighted by Gasteiger charge is -2.23. The number of Topliss-reactive ketones (excluding diaryl/α,β-unsaturated/α-hetero) is 1. The molecule has 0 spiro atoms. The number of nitrogens with zero attached hydrogens (tertiary/aromatic N) is 1. The molecule has 6 nitrogen and oxygen atoms in total. The Morgan fingerprint density at radius 2 is 2.12 bits per heavy atom. The minimum atomic E-state index is -0.613. The number of hydrogen-bond donors (Lipinski definition) is 1. The molecule has 2 aromatic rings. The Kier molecular flexibility index (Phi) is 5.27. The summed E-state index contributed by atoms with van der Waals surface area (Å²) in [6.45, 7) is 5.27. The Morgan fingerprint density at radius 3 is 2.73 bits per heavy atom. The summed E-state index contributed by atoms with van der Waals surface area (Å²) in [7, 11) is 0. The Hall–Kier alpha value is -2.41. The molecule has 0 radical (unpaired) electrons. The van der Waals surface area contributed by atoms with Crippen LogP contribution < -0.4 is 0 Å². The zero-order valence-corrected chi connectivity index (χ0v) is 15.9. The summed E-state index contributed by atoms with van der Waals surface area (Å²) >= 11 is 1.63. The Labute approximate surface area is 156 Å². The van der Waals surface area contributed by atoms with Gasteiger partial charge in [-0.05, 0) is 50.6 Å². The number of ketones is 1. The fourth-order valence-corrected chi connectivity index (χ4v) is 4.48. The zero-order chi connectivity index (χ0) is 18.8. The number of aromatic nitrogens is 1. The Morgan fingerprint density at radius 1 is 1.35 bits per heavy atom. The molecular weight excluding hydrogens is 352 g/mol. The van der Waals surface area contributed by atoms with Gasteiger partial charge in [-0.2, -0.15) is 0 Å². The number of thiophene rings is 1. The van der Waals surface area contributed by atoms with E-state index in [1.165, 1.54) is 6.92 Å². The molecule has 3 heterocycles. The van der Waals surface area contributed by atoms with Crippen LogP contribution in [0.25, 0.3) is 0 Å². The summed E-state index contributed by atoms with van der Waals surface area (Å²) < 4.78 is 5.23. The van der Waals surface area contributed by atoms with Gasteiger partial charge in [0.05, 0.1) is 6.04 Å². The minimum absolute atomic E-state index is 0.0694. The van der Waals surface area contributed by atoms with Gasteiger partial charge in [0.2, 0.25) is 0 Å². The minimum Gasteiger partial charge on any atom is -0.451 e. The van der Waals surface area contributed by atoms with Crippen LogP contribution >= 0.6 is 11.3 Å². The van der Waals surface area contributed by atoms with Crippen molar-refractivity contribution in [1.29, 1.82) is 0 Å². The highest BCUT2D eigenvalue weighted by molar-refractivity contribution is 7.10. The number of amides is 1. The van der Waals surface area contributed by atoms with Crippen LogP contribution in [0.2, 0.25) is 0 Å². The van der Waals surface area contributed by atoms with Gasteiger partial charge < -0.3 is 14.6 Å². The van der Waals surface area contributed by atoms with E-state index in [4.69, 9.17) is 4.74 Å². The van der Waals surface area contributed by atoms with Crippen molar-refractivity contribution in [2.24, 2.45) is 0 Å². The van der Waals surface area contributed by atoms with Crippen LogP contribution in [0.5, 0.6) is 0 Å². The van der Waals surface area contributed by atoms with Crippen LogP contribution in [0.15, 0.2) is 17.5 Å². The zero-order valence-electron chi connectivity index (χ0n) is 15.1. The molecule has 1 saturated heterocycles. The highest BCUT2D eigenvalue weighted by atomic mass is 32.1. The van der Waals surface area contributed by atoms with Gasteiger partial charge in [-0.15, -0.1) is 11.3 Å². The highest BCUT2D eigenvalue weighted by Crippen LogP contribution is 2.34. The van der Waals surface area contributed by atoms with Crippen molar-refractivity contribution in [2.45, 2.75) is 39.7 Å². The molecule has 1 N–H and O–H groups in total. The van der Waals surface area contributed by atoms with Crippen LogP contribution in [-0.4, -0.2) is 40.7 Å². The van der Waals surface area contributed by atoms with Gasteiger partial charge in [0.15, 0.2) is 12.4 Å². The average Bonchev–Trinajstić information content (AvgIpc) is 3.31. The van der Waals surface area contributed by atoms with Crippen LogP contribution in [-0.2, 0) is 9.53 Å². The third kappa shape index (κ3) is 3.44. The number of nitrogens with one attached hydrogen (secondary N) is 1. The molecular formula is C19H22N2O4S. The van der Waals surface area contributed by atoms with Gasteiger partial charge in [-0.3, -0.25) is 9.59 Å². The molecule has 0 aromatic carbocycles. The van der Waals surface area contributed by atoms with Crippen molar-refractivity contribution in [3.8, 4) is 0 Å². The summed E-state index contributed by atoms with van der Waals surface area (Å²) in [4.78, 5) is 42.4. The quantitative estimate of drug-likeness (QED) is 0.642. The molecule has 0 bridgehead atoms. The maximum Gasteiger partial charge on any atom is 0.355 e. The molecule has 3 rings (SSSR count). The number of rotatable bonds is 5. The Bertz CT molecular complexity index is 838. The van der Waals surface area contributed by atoms with E-state index in [1.54, 1.807) is 30.1 Å². The number of carbonyl (C=O) groups excluding carboxylic acids is 3. The first-order valence-corrected chi connectivity index (χ1v) is 9.48. The number of aryl methyl sites for hydroxylation is 1. The largest absolute Gasteiger partial charge is 0.451 e. The van der Waals surface area contributed by atoms with Crippen molar-refractivity contribution in [2.75, 3.05) is 13.2 Å². The average molecular weight is 374 g/mol. The predicted octanol–water partition coefficient (Wildman–Crippen LogP) is 3.42. The van der Waals surface area contributed by atoms with Crippen molar-refractivity contribution in [3.63, 3.8) is 0 Å². The number of likely N-dealkylation sites (tertiary alicyclic amines) is 1. The van der Waals surface area contributed by atoms with E-state index < -0.39 is 5.97 Å². The van der Waals surface area contributed by atoms with E-state index in [2.05, 4.69) is 4.98 Å². The fraction of sp³-hybridized carbons (Fsp3) is 0.421. The number of aromatic amines is 1. The molecule has 2 aromatic heterocycles. The second-order valence-corrected chi connectivity index (χ2v) is 7.50. The smallest absolute Gasteiger partial charge is 0.355 e. The van der Waals surface area contributed by atoms with E-state index in [1.807, 2.05) is 17.5 Å². The first-order valence-electron chi connectivity index (χ1n) is 8.60. The standard InChI is InChI=1S/C19H22N2O4S/c1-11-17(13(3)22)12(2)20-18(11)19(24)25-10-16(23)21-8-4-6-14(21)15-7-5-9-26-15/h5,7,9,14,20H,4,6,8,10H2,1-3H3/t14-/m0/s1. The molecule has 26 heavy (non-hydrogen) atoms. The predicted molar refractivity (Wildman–Crippen MR) is 98.6 cm³/mol. The Balaban J connectivity index is 1.65. The molecule has 0 saturated carbocycles. The SMILES string of the molecule is CC(=O)c1c(C)[nH]c(C(=O)OCC(=O)N2CCC[C@H]2c2cccs2)c1C. The summed E-state index contributed by atoms with van der Waals surface area (Å²) in [5, 5.41) is 2.00. The first-order chi connectivity index (χ1) is 12.4. The van der Waals surface area contributed by atoms with Gasteiger partial charge >= 0.3 is 5.97 Å². The van der Waals surface area contributed by atoms with E-state index in [0.29, 0.717) is 23.4 Å². The number of carbonyl (C=O) groups is 3. The van der Waals surface area contributed by atoms with Crippen LogP contribution in [0.1, 0.15) is 62.8 Å². The van der Waals surface area contributed by atoms with Gasteiger partial charge in [0.25, 0.3) is 5.91 Å². The molecule has 1 atom stereocenters. The maximum absolute atomic E-state index is 12.5. The number of ether oxygens (including phenoxy) is 1. The van der Waals surface area contributed by atoms with Crippen molar-refractivity contribution in [1.82, 2.24) is 9.88 Å². The third-order valence-corrected chi connectivity index (χ3v) is 5.74. The van der Waals surface area contributed by atoms with Gasteiger partial charge in [-0.1, -0.05) is 6.07 Å². The normalized spacial score (nSPS) is 16.7. The molecule has 0 unspecified atom stereocenters. The second-order valence-electron chi connectivity index (χ2n) is 6.52. The van der Waals surface area contributed by atoms with E-state index in [0.717, 1.165) is 17.7 Å². The number of H-pyrrole nitrogens is 1. The van der Waals surface area contributed by atoms with E-state index in [-0.39, 0.29) is 30.0 Å². The summed E-state index contributed by atoms with van der Waals surface area (Å²) in [5.74, 6) is -0.914. The molecule has 1 fully saturated rings. The molecule has 7 heteroatoms. The molecule has 0 aliphatic carbocycles. The number of esters is 1. The lowest BCUT2D eigenvalue weighted by Crippen LogP contribution is -2.34. The lowest BCUT2D eigenvalue weighted by atomic mass is 10.1. The van der Waals surface area contributed by atoms with E-state index in [9.17, 15) is 14.4 Å². The van der Waals surface area contributed by atoms with Crippen molar-refractivity contribution < 1.29 is 19.1 Å². The topological polar surface area (TPSA) is 79.5 Å². The first kappa shape index (κ1) is 18.4. The van der Waals surface area contributed by atoms with Gasteiger partial charge in [0.1, 0.15) is 5.69 Å². The molecule has 1 aliphatic heterocycles. The van der Waals surface area contributed by atoms with Crippen LogP contribution in [0.3, 0.4) is 0 Å². The highest BCUT2D eigenvalue weighted by Gasteiger charge is 2.31. The van der Waals surface area contributed by atoms with Crippen LogP contribution in [0.4, 0.5) is 0 Å². The van der Waals surface area contributed by atoms with E-state index >= 15 is 0 Å². The molecule has 1 amide bonds. The van der Waals surface area contributed by atoms with Gasteiger partial charge in [-0.25, -0.2) is 4.79 Å². The summed E-state index contributed by atoms with van der Waals surface area (Å²) in [5.41, 5.74) is 1.92. The van der Waals surface area contributed by atoms with Crippen molar-refractivity contribution in [3.05, 3.63) is 44.9 Å². The van der Waals surface area contributed by atoms with Crippen molar-refractivity contribution >= 4 is 29.0 Å².